The highest BCUT2D eigenvalue weighted by Gasteiger charge is 2.18. The van der Waals surface area contributed by atoms with E-state index in [-0.39, 0.29) is 19.1 Å². The molecule has 0 unspecified atom stereocenters. The van der Waals surface area contributed by atoms with Crippen LogP contribution in [0.5, 0.6) is 17.2 Å². The molecule has 0 spiro atoms. The van der Waals surface area contributed by atoms with Crippen LogP contribution in [0.15, 0.2) is 71.0 Å². The largest absolute Gasteiger partial charge is 0.493 e. The Kier molecular flexibility index (Phi) is 7.17. The molecule has 0 fully saturated rings. The van der Waals surface area contributed by atoms with Crippen LogP contribution in [0.1, 0.15) is 35.5 Å². The number of nitrogens with one attached hydrogen (secondary N) is 1. The van der Waals surface area contributed by atoms with E-state index in [1.807, 2.05) is 0 Å². The molecule has 176 valence electrons. The van der Waals surface area contributed by atoms with Gasteiger partial charge >= 0.3 is 5.97 Å². The molecular weight excluding hydrogens is 438 g/mol. The zero-order chi connectivity index (χ0) is 23.9. The average molecular weight is 463 g/mol. The fourth-order valence-electron chi connectivity index (χ4n) is 3.08. The highest BCUT2D eigenvalue weighted by Crippen LogP contribution is 2.33. The van der Waals surface area contributed by atoms with Crippen molar-refractivity contribution in [2.45, 2.75) is 20.5 Å². The molecule has 2 heterocycles. The van der Waals surface area contributed by atoms with Crippen molar-refractivity contribution in [3.63, 3.8) is 0 Å². The van der Waals surface area contributed by atoms with Crippen LogP contribution >= 0.6 is 0 Å². The number of ether oxygens (including phenoxy) is 4. The molecule has 0 radical (unpaired) electrons. The summed E-state index contributed by atoms with van der Waals surface area (Å²) in [6.45, 7) is 4.76. The molecule has 1 aliphatic heterocycles. The quantitative estimate of drug-likeness (QED) is 0.367. The van der Waals surface area contributed by atoms with Gasteiger partial charge in [-0.25, -0.2) is 4.79 Å². The maximum Gasteiger partial charge on any atom is 0.355 e. The molecule has 1 N–H and O–H groups in total. The fraction of sp³-hybridized carbons (Fsp3) is 0.231. The monoisotopic (exact) mass is 463 g/mol. The lowest BCUT2D eigenvalue weighted by atomic mass is 10.1. The number of hydrogen-bond donors (Lipinski definition) is 1. The Morgan fingerprint density at radius 3 is 2.59 bits per heavy atom. The summed E-state index contributed by atoms with van der Waals surface area (Å²) >= 11 is 0. The molecule has 34 heavy (non-hydrogen) atoms. The highest BCUT2D eigenvalue weighted by molar-refractivity contribution is 6.03. The number of hydrogen-bond acceptors (Lipinski definition) is 7. The van der Waals surface area contributed by atoms with Gasteiger partial charge in [0, 0.05) is 5.56 Å². The zero-order valence-electron chi connectivity index (χ0n) is 18.9. The molecule has 0 saturated heterocycles. The zero-order valence-corrected chi connectivity index (χ0v) is 18.9. The van der Waals surface area contributed by atoms with E-state index in [4.69, 9.17) is 23.4 Å². The SMILES string of the molecule is CC(C)COc1ccc(C(=O)N/C(=C\c2ccc3c(c2)OCO3)C(=O)OCc2ccco2)cc1. The Morgan fingerprint density at radius 2 is 1.85 bits per heavy atom. The van der Waals surface area contributed by atoms with Crippen molar-refractivity contribution < 1.29 is 33.0 Å². The van der Waals surface area contributed by atoms with Gasteiger partial charge in [0.25, 0.3) is 5.91 Å². The first kappa shape index (κ1) is 23.0. The third kappa shape index (κ3) is 5.98. The molecule has 0 bridgehead atoms. The topological polar surface area (TPSA) is 96.2 Å². The van der Waals surface area contributed by atoms with Crippen molar-refractivity contribution >= 4 is 18.0 Å². The van der Waals surface area contributed by atoms with Crippen molar-refractivity contribution in [1.82, 2.24) is 5.32 Å². The van der Waals surface area contributed by atoms with Gasteiger partial charge in [-0.15, -0.1) is 0 Å². The van der Waals surface area contributed by atoms with Gasteiger partial charge in [-0.05, 0) is 66.1 Å². The summed E-state index contributed by atoms with van der Waals surface area (Å²) in [5.74, 6) is 1.54. The predicted octanol–water partition coefficient (Wildman–Crippen LogP) is 4.56. The van der Waals surface area contributed by atoms with Crippen LogP contribution in [0.2, 0.25) is 0 Å². The molecule has 1 aromatic heterocycles. The summed E-state index contributed by atoms with van der Waals surface area (Å²) in [7, 11) is 0. The number of rotatable bonds is 9. The molecule has 0 atom stereocenters. The number of carbonyl (C=O) groups is 2. The van der Waals surface area contributed by atoms with E-state index in [2.05, 4.69) is 19.2 Å². The van der Waals surface area contributed by atoms with Gasteiger partial charge in [0.1, 0.15) is 23.8 Å². The van der Waals surface area contributed by atoms with Gasteiger partial charge in [0.05, 0.1) is 12.9 Å². The molecule has 3 aromatic rings. The van der Waals surface area contributed by atoms with E-state index >= 15 is 0 Å². The molecule has 0 aliphatic carbocycles. The van der Waals surface area contributed by atoms with E-state index < -0.39 is 11.9 Å². The lowest BCUT2D eigenvalue weighted by Crippen LogP contribution is -2.28. The minimum atomic E-state index is -0.709. The first-order chi connectivity index (χ1) is 16.5. The highest BCUT2D eigenvalue weighted by atomic mass is 16.7. The van der Waals surface area contributed by atoms with Crippen molar-refractivity contribution in [2.24, 2.45) is 5.92 Å². The van der Waals surface area contributed by atoms with E-state index in [0.29, 0.717) is 46.7 Å². The Morgan fingerprint density at radius 1 is 1.06 bits per heavy atom. The number of amides is 1. The number of benzene rings is 2. The second-order valence-electron chi connectivity index (χ2n) is 8.01. The van der Waals surface area contributed by atoms with Crippen LogP contribution in [0.4, 0.5) is 0 Å². The van der Waals surface area contributed by atoms with Crippen LogP contribution in [-0.2, 0) is 16.1 Å². The summed E-state index contributed by atoms with van der Waals surface area (Å²) in [5, 5.41) is 2.65. The summed E-state index contributed by atoms with van der Waals surface area (Å²) in [5.41, 5.74) is 0.967. The number of fused-ring (bicyclic) bond motifs is 1. The van der Waals surface area contributed by atoms with Crippen LogP contribution in [0.25, 0.3) is 6.08 Å². The molecular formula is C26H25NO7. The van der Waals surface area contributed by atoms with Crippen molar-refractivity contribution in [1.29, 1.82) is 0 Å². The molecule has 0 saturated carbocycles. The average Bonchev–Trinajstić information content (AvgIpc) is 3.52. The van der Waals surface area contributed by atoms with Gasteiger partial charge in [-0.2, -0.15) is 0 Å². The fourth-order valence-corrected chi connectivity index (χ4v) is 3.08. The van der Waals surface area contributed by atoms with E-state index in [0.717, 1.165) is 0 Å². The molecule has 4 rings (SSSR count). The summed E-state index contributed by atoms with van der Waals surface area (Å²) in [6, 6.07) is 15.3. The van der Waals surface area contributed by atoms with Gasteiger partial charge in [0.2, 0.25) is 6.79 Å². The number of carbonyl (C=O) groups excluding carboxylic acids is 2. The number of furan rings is 1. The maximum atomic E-state index is 12.9. The Balaban J connectivity index is 1.51. The van der Waals surface area contributed by atoms with Crippen LogP contribution in [0.3, 0.4) is 0 Å². The third-order valence-electron chi connectivity index (χ3n) is 4.80. The van der Waals surface area contributed by atoms with Gasteiger partial charge in [0.15, 0.2) is 11.5 Å². The van der Waals surface area contributed by atoms with Crippen LogP contribution in [0, 0.1) is 5.92 Å². The summed E-state index contributed by atoms with van der Waals surface area (Å²) in [6.07, 6.45) is 3.01. The summed E-state index contributed by atoms with van der Waals surface area (Å²) < 4.78 is 26.9. The van der Waals surface area contributed by atoms with Gasteiger partial charge < -0.3 is 28.7 Å². The van der Waals surface area contributed by atoms with E-state index in [1.54, 1.807) is 54.6 Å². The molecule has 8 nitrogen and oxygen atoms in total. The lowest BCUT2D eigenvalue weighted by molar-refractivity contribution is -0.141. The minimum Gasteiger partial charge on any atom is -0.493 e. The van der Waals surface area contributed by atoms with Crippen LogP contribution in [-0.4, -0.2) is 25.3 Å². The smallest absolute Gasteiger partial charge is 0.355 e. The summed E-state index contributed by atoms with van der Waals surface area (Å²) in [4.78, 5) is 25.7. The lowest BCUT2D eigenvalue weighted by Gasteiger charge is -2.11. The normalized spacial score (nSPS) is 12.5. The second-order valence-corrected chi connectivity index (χ2v) is 8.01. The van der Waals surface area contributed by atoms with Gasteiger partial charge in [-0.3, -0.25) is 4.79 Å². The number of esters is 1. The second kappa shape index (κ2) is 10.6. The first-order valence-corrected chi connectivity index (χ1v) is 10.8. The Labute approximate surface area is 197 Å². The van der Waals surface area contributed by atoms with Crippen LogP contribution < -0.4 is 19.5 Å². The molecule has 1 amide bonds. The maximum absolute atomic E-state index is 12.9. The third-order valence-corrected chi connectivity index (χ3v) is 4.80. The molecule has 1 aliphatic rings. The predicted molar refractivity (Wildman–Crippen MR) is 123 cm³/mol. The van der Waals surface area contributed by atoms with E-state index in [1.165, 1.54) is 12.3 Å². The van der Waals surface area contributed by atoms with Gasteiger partial charge in [-0.1, -0.05) is 19.9 Å². The Bertz CT molecular complexity index is 1160. The van der Waals surface area contributed by atoms with Crippen molar-refractivity contribution in [3.05, 3.63) is 83.4 Å². The minimum absolute atomic E-state index is 0.0319. The van der Waals surface area contributed by atoms with E-state index in [9.17, 15) is 9.59 Å². The molecule has 2 aromatic carbocycles. The molecule has 8 heteroatoms. The van der Waals surface area contributed by atoms with Crippen molar-refractivity contribution in [3.8, 4) is 17.2 Å². The van der Waals surface area contributed by atoms with Crippen molar-refractivity contribution in [2.75, 3.05) is 13.4 Å². The first-order valence-electron chi connectivity index (χ1n) is 10.8. The standard InChI is InChI=1S/C26H25NO7/c1-17(2)14-31-20-8-6-19(7-9-20)25(28)27-22(26(29)32-15-21-4-3-11-30-21)12-18-5-10-23-24(13-18)34-16-33-23/h3-13,17H,14-16H2,1-2H3,(H,27,28)/b22-12-. The Hall–Kier alpha value is -4.20.